The predicted molar refractivity (Wildman–Crippen MR) is 63.5 cm³/mol. The highest BCUT2D eigenvalue weighted by molar-refractivity contribution is 5.30. The zero-order chi connectivity index (χ0) is 11.7. The lowest BCUT2D eigenvalue weighted by molar-refractivity contribution is 0.618. The Kier molecular flexibility index (Phi) is 2.60. The SMILES string of the molecule is Cn1cc(Cc2ncnc3c2CNCC3)cn1. The zero-order valence-corrected chi connectivity index (χ0v) is 9.85. The first-order chi connectivity index (χ1) is 8.33. The largest absolute Gasteiger partial charge is 0.312 e. The number of rotatable bonds is 2. The fourth-order valence-corrected chi connectivity index (χ4v) is 2.24. The van der Waals surface area contributed by atoms with Crippen LogP contribution in [0.2, 0.25) is 0 Å². The van der Waals surface area contributed by atoms with Crippen molar-refractivity contribution in [3.8, 4) is 0 Å². The molecule has 0 bridgehead atoms. The van der Waals surface area contributed by atoms with Crippen molar-refractivity contribution in [2.75, 3.05) is 6.54 Å². The van der Waals surface area contributed by atoms with Crippen LogP contribution in [-0.2, 0) is 26.4 Å². The monoisotopic (exact) mass is 229 g/mol. The van der Waals surface area contributed by atoms with Crippen LogP contribution in [0.25, 0.3) is 0 Å². The van der Waals surface area contributed by atoms with Crippen LogP contribution in [0.4, 0.5) is 0 Å². The van der Waals surface area contributed by atoms with Gasteiger partial charge in [0.1, 0.15) is 6.33 Å². The van der Waals surface area contributed by atoms with Crippen LogP contribution < -0.4 is 5.32 Å². The van der Waals surface area contributed by atoms with Crippen LogP contribution >= 0.6 is 0 Å². The van der Waals surface area contributed by atoms with E-state index in [9.17, 15) is 0 Å². The van der Waals surface area contributed by atoms with Crippen LogP contribution in [0, 0.1) is 0 Å². The summed E-state index contributed by atoms with van der Waals surface area (Å²) in [6.07, 6.45) is 7.43. The van der Waals surface area contributed by atoms with Gasteiger partial charge in [0.25, 0.3) is 0 Å². The van der Waals surface area contributed by atoms with Gasteiger partial charge >= 0.3 is 0 Å². The van der Waals surface area contributed by atoms with Crippen LogP contribution in [0.1, 0.15) is 22.5 Å². The van der Waals surface area contributed by atoms with Gasteiger partial charge in [0.15, 0.2) is 0 Å². The molecule has 5 nitrogen and oxygen atoms in total. The molecule has 0 aliphatic carbocycles. The number of aryl methyl sites for hydroxylation is 1. The summed E-state index contributed by atoms with van der Waals surface area (Å²) in [5.41, 5.74) is 4.77. The van der Waals surface area contributed by atoms with E-state index in [1.54, 1.807) is 6.33 Å². The smallest absolute Gasteiger partial charge is 0.115 e. The molecule has 1 N–H and O–H groups in total. The van der Waals surface area contributed by atoms with Gasteiger partial charge in [-0.1, -0.05) is 0 Å². The fraction of sp³-hybridized carbons (Fsp3) is 0.417. The molecule has 0 spiro atoms. The molecule has 1 aliphatic heterocycles. The lowest BCUT2D eigenvalue weighted by Gasteiger charge is -2.18. The third kappa shape index (κ3) is 2.06. The van der Waals surface area contributed by atoms with Gasteiger partial charge in [-0.3, -0.25) is 4.68 Å². The van der Waals surface area contributed by atoms with E-state index in [0.717, 1.165) is 31.6 Å². The van der Waals surface area contributed by atoms with Crippen molar-refractivity contribution in [3.63, 3.8) is 0 Å². The second-order valence-corrected chi connectivity index (χ2v) is 4.37. The number of nitrogens with zero attached hydrogens (tertiary/aromatic N) is 4. The Balaban J connectivity index is 1.92. The molecular formula is C12H15N5. The summed E-state index contributed by atoms with van der Waals surface area (Å²) in [6, 6.07) is 0. The van der Waals surface area contributed by atoms with Crippen molar-refractivity contribution in [1.82, 2.24) is 25.1 Å². The van der Waals surface area contributed by atoms with Gasteiger partial charge in [0.05, 0.1) is 11.9 Å². The number of hydrogen-bond acceptors (Lipinski definition) is 4. The molecule has 17 heavy (non-hydrogen) atoms. The quantitative estimate of drug-likeness (QED) is 0.812. The molecular weight excluding hydrogens is 214 g/mol. The summed E-state index contributed by atoms with van der Waals surface area (Å²) < 4.78 is 1.82. The maximum absolute atomic E-state index is 4.41. The van der Waals surface area contributed by atoms with Gasteiger partial charge in [-0.25, -0.2) is 9.97 Å². The molecule has 0 saturated carbocycles. The Morgan fingerprint density at radius 2 is 2.35 bits per heavy atom. The minimum Gasteiger partial charge on any atom is -0.312 e. The van der Waals surface area contributed by atoms with E-state index < -0.39 is 0 Å². The van der Waals surface area contributed by atoms with E-state index >= 15 is 0 Å². The second-order valence-electron chi connectivity index (χ2n) is 4.37. The first-order valence-electron chi connectivity index (χ1n) is 5.83. The van der Waals surface area contributed by atoms with E-state index in [1.807, 2.05) is 24.1 Å². The summed E-state index contributed by atoms with van der Waals surface area (Å²) in [5.74, 6) is 0. The highest BCUT2D eigenvalue weighted by Crippen LogP contribution is 2.17. The minimum atomic E-state index is 0.834. The van der Waals surface area contributed by atoms with Crippen molar-refractivity contribution < 1.29 is 0 Å². The van der Waals surface area contributed by atoms with Gasteiger partial charge in [-0.05, 0) is 5.56 Å². The van der Waals surface area contributed by atoms with Gasteiger partial charge in [0, 0.05) is 50.4 Å². The molecule has 5 heteroatoms. The van der Waals surface area contributed by atoms with Gasteiger partial charge in [0.2, 0.25) is 0 Å². The minimum absolute atomic E-state index is 0.834. The molecule has 0 unspecified atom stereocenters. The van der Waals surface area contributed by atoms with Crippen LogP contribution in [-0.4, -0.2) is 26.3 Å². The maximum atomic E-state index is 4.41. The first kappa shape index (κ1) is 10.4. The van der Waals surface area contributed by atoms with Crippen LogP contribution in [0.3, 0.4) is 0 Å². The van der Waals surface area contributed by atoms with Crippen molar-refractivity contribution >= 4 is 0 Å². The fourth-order valence-electron chi connectivity index (χ4n) is 2.24. The van der Waals surface area contributed by atoms with E-state index in [-0.39, 0.29) is 0 Å². The zero-order valence-electron chi connectivity index (χ0n) is 9.85. The summed E-state index contributed by atoms with van der Waals surface area (Å²) in [7, 11) is 1.93. The number of aromatic nitrogens is 4. The second kappa shape index (κ2) is 4.25. The standard InChI is InChI=1S/C12H15N5/c1-17-7-9(5-16-17)4-12-10-6-13-3-2-11(10)14-8-15-12/h5,7-8,13H,2-4,6H2,1H3. The average molecular weight is 229 g/mol. The molecule has 3 rings (SSSR count). The number of hydrogen-bond donors (Lipinski definition) is 1. The topological polar surface area (TPSA) is 55.6 Å². The van der Waals surface area contributed by atoms with Gasteiger partial charge in [-0.15, -0.1) is 0 Å². The Morgan fingerprint density at radius 1 is 1.41 bits per heavy atom. The number of fused-ring (bicyclic) bond motifs is 1. The Morgan fingerprint density at radius 3 is 3.18 bits per heavy atom. The third-order valence-corrected chi connectivity index (χ3v) is 3.09. The predicted octanol–water partition coefficient (Wildman–Crippen LogP) is 0.447. The molecule has 2 aromatic rings. The summed E-state index contributed by atoms with van der Waals surface area (Å²) in [5, 5.41) is 7.55. The maximum Gasteiger partial charge on any atom is 0.115 e. The summed E-state index contributed by atoms with van der Waals surface area (Å²) in [6.45, 7) is 1.89. The van der Waals surface area contributed by atoms with E-state index in [4.69, 9.17) is 0 Å². The molecule has 3 heterocycles. The normalized spacial score (nSPS) is 14.6. The van der Waals surface area contributed by atoms with Crippen LogP contribution in [0.15, 0.2) is 18.7 Å². The van der Waals surface area contributed by atoms with Crippen molar-refractivity contribution in [2.24, 2.45) is 7.05 Å². The molecule has 1 aliphatic rings. The molecule has 88 valence electrons. The molecule has 0 radical (unpaired) electrons. The lowest BCUT2D eigenvalue weighted by atomic mass is 10.0. The molecule has 0 aromatic carbocycles. The third-order valence-electron chi connectivity index (χ3n) is 3.09. The Bertz CT molecular complexity index is 531. The molecule has 0 atom stereocenters. The van der Waals surface area contributed by atoms with Gasteiger partial charge < -0.3 is 5.32 Å². The molecule has 0 fully saturated rings. The summed E-state index contributed by atoms with van der Waals surface area (Å²) >= 11 is 0. The van der Waals surface area contributed by atoms with Crippen molar-refractivity contribution in [1.29, 1.82) is 0 Å². The molecule has 2 aromatic heterocycles. The molecule has 0 saturated heterocycles. The van der Waals surface area contributed by atoms with E-state index in [0.29, 0.717) is 0 Å². The summed E-state index contributed by atoms with van der Waals surface area (Å²) in [4.78, 5) is 8.76. The van der Waals surface area contributed by atoms with Gasteiger partial charge in [-0.2, -0.15) is 5.10 Å². The van der Waals surface area contributed by atoms with Crippen LogP contribution in [0.5, 0.6) is 0 Å². The first-order valence-corrected chi connectivity index (χ1v) is 5.83. The Hall–Kier alpha value is -1.75. The van der Waals surface area contributed by atoms with Crippen molar-refractivity contribution in [2.45, 2.75) is 19.4 Å². The van der Waals surface area contributed by atoms with Crippen molar-refractivity contribution in [3.05, 3.63) is 41.2 Å². The lowest BCUT2D eigenvalue weighted by Crippen LogP contribution is -2.26. The highest BCUT2D eigenvalue weighted by Gasteiger charge is 2.15. The highest BCUT2D eigenvalue weighted by atomic mass is 15.2. The number of nitrogens with one attached hydrogen (secondary N) is 1. The van der Waals surface area contributed by atoms with E-state index in [2.05, 4.69) is 20.4 Å². The Labute approximate surface area is 99.9 Å². The molecule has 0 amide bonds. The average Bonchev–Trinajstić information content (AvgIpc) is 2.75. The van der Waals surface area contributed by atoms with E-state index in [1.165, 1.54) is 16.8 Å².